The Balaban J connectivity index is 1.16. The Labute approximate surface area is 360 Å². The molecule has 7 rings (SSSR count). The molecule has 62 heavy (non-hydrogen) atoms. The Morgan fingerprint density at radius 2 is 1.40 bits per heavy atom. The van der Waals surface area contributed by atoms with E-state index in [1.54, 1.807) is 24.3 Å². The number of guanidine groups is 1. The van der Waals surface area contributed by atoms with Crippen molar-refractivity contribution in [2.45, 2.75) is 70.1 Å². The van der Waals surface area contributed by atoms with Crippen molar-refractivity contribution in [1.82, 2.24) is 15.2 Å². The van der Waals surface area contributed by atoms with Crippen LogP contribution in [0.1, 0.15) is 57.8 Å². The van der Waals surface area contributed by atoms with E-state index in [9.17, 15) is 19.2 Å². The van der Waals surface area contributed by atoms with Gasteiger partial charge in [-0.1, -0.05) is 127 Å². The molecule has 1 fully saturated rings. The van der Waals surface area contributed by atoms with Crippen LogP contribution in [0.5, 0.6) is 0 Å². The molecule has 5 N–H and O–H groups in total. The smallest absolute Gasteiger partial charge is 0.408 e. The topological polar surface area (TPSA) is 192 Å². The second kappa shape index (κ2) is 20.9. The Morgan fingerprint density at radius 3 is 2.10 bits per heavy atom. The zero-order valence-electron chi connectivity index (χ0n) is 34.3. The number of nitrogens with zero attached hydrogens (tertiary/aromatic N) is 3. The first-order chi connectivity index (χ1) is 30.2. The number of likely N-dealkylation sites (tertiary alicyclic amines) is 1. The first kappa shape index (κ1) is 43.0. The minimum Gasteiger partial charge on any atom is -0.445 e. The average Bonchev–Trinajstić information content (AvgIpc) is 3.94. The minimum absolute atomic E-state index is 0.0131. The van der Waals surface area contributed by atoms with E-state index < -0.39 is 41.9 Å². The maximum absolute atomic E-state index is 14.8. The molecule has 0 radical (unpaired) electrons. The lowest BCUT2D eigenvalue weighted by Crippen LogP contribution is -2.52. The fraction of sp³-hybridized carbons (Fsp3) is 0.265. The molecular formula is C49H50N6O7. The Bertz CT molecular complexity index is 2440. The first-order valence-corrected chi connectivity index (χ1v) is 20.7. The number of carbonyl (C=O) groups excluding carboxylic acids is 4. The number of amides is 2. The van der Waals surface area contributed by atoms with Crippen molar-refractivity contribution in [2.75, 3.05) is 6.54 Å². The molecule has 0 aliphatic carbocycles. The molecule has 0 saturated carbocycles. The maximum Gasteiger partial charge on any atom is 0.408 e. The molecule has 6 aromatic rings. The number of ketones is 2. The van der Waals surface area contributed by atoms with Gasteiger partial charge in [-0.3, -0.25) is 14.4 Å². The van der Waals surface area contributed by atoms with E-state index in [4.69, 9.17) is 25.4 Å². The lowest BCUT2D eigenvalue weighted by molar-refractivity contribution is -0.139. The van der Waals surface area contributed by atoms with E-state index in [1.807, 2.05) is 115 Å². The SMILES string of the molecule is NC(N)=NCc1cccc(C[C@H](CC(=O)[C@@H]2C[C@@H](OCc3ccccc3)CN2C(=O)[C@@H](CCc2ccccc2)NC(=O)OCc2ccccc2)C(=O)c2nc3ccccc3o2)c1. The van der Waals surface area contributed by atoms with Gasteiger partial charge in [0.1, 0.15) is 18.2 Å². The van der Waals surface area contributed by atoms with Crippen LogP contribution in [0.4, 0.5) is 4.79 Å². The monoisotopic (exact) mass is 834 g/mol. The normalized spacial score (nSPS) is 15.7. The van der Waals surface area contributed by atoms with Gasteiger partial charge in [0.2, 0.25) is 11.7 Å². The number of aromatic nitrogens is 1. The van der Waals surface area contributed by atoms with Gasteiger partial charge in [-0.2, -0.15) is 0 Å². The average molecular weight is 835 g/mol. The highest BCUT2D eigenvalue weighted by molar-refractivity contribution is 6.00. The van der Waals surface area contributed by atoms with Gasteiger partial charge in [-0.25, -0.2) is 14.8 Å². The van der Waals surface area contributed by atoms with E-state index in [0.29, 0.717) is 17.5 Å². The number of nitrogens with one attached hydrogen (secondary N) is 1. The highest BCUT2D eigenvalue weighted by Gasteiger charge is 2.43. The fourth-order valence-electron chi connectivity index (χ4n) is 7.69. The lowest BCUT2D eigenvalue weighted by atomic mass is 9.87. The van der Waals surface area contributed by atoms with Crippen LogP contribution in [-0.2, 0) is 51.7 Å². The molecule has 2 heterocycles. The molecular weight excluding hydrogens is 785 g/mol. The van der Waals surface area contributed by atoms with Gasteiger partial charge in [0.25, 0.3) is 5.89 Å². The van der Waals surface area contributed by atoms with Crippen molar-refractivity contribution in [3.8, 4) is 0 Å². The molecule has 1 saturated heterocycles. The van der Waals surface area contributed by atoms with E-state index in [-0.39, 0.29) is 69.6 Å². The molecule has 4 atom stereocenters. The van der Waals surface area contributed by atoms with Crippen LogP contribution >= 0.6 is 0 Å². The number of aryl methyl sites for hydroxylation is 1. The summed E-state index contributed by atoms with van der Waals surface area (Å²) in [6, 6.07) is 41.1. The molecule has 0 spiro atoms. The summed E-state index contributed by atoms with van der Waals surface area (Å²) in [7, 11) is 0. The predicted molar refractivity (Wildman–Crippen MR) is 235 cm³/mol. The zero-order chi connectivity index (χ0) is 43.3. The molecule has 1 aromatic heterocycles. The van der Waals surface area contributed by atoms with E-state index in [2.05, 4.69) is 15.3 Å². The highest BCUT2D eigenvalue weighted by Crippen LogP contribution is 2.29. The van der Waals surface area contributed by atoms with Gasteiger partial charge in [0, 0.05) is 25.3 Å². The number of benzene rings is 5. The quantitative estimate of drug-likeness (QED) is 0.0449. The van der Waals surface area contributed by atoms with Gasteiger partial charge in [-0.05, 0) is 59.2 Å². The number of hydrogen-bond donors (Lipinski definition) is 3. The summed E-state index contributed by atoms with van der Waals surface area (Å²) in [5.41, 5.74) is 16.4. The van der Waals surface area contributed by atoms with Crippen molar-refractivity contribution >= 4 is 40.6 Å². The summed E-state index contributed by atoms with van der Waals surface area (Å²) in [4.78, 5) is 67.4. The zero-order valence-corrected chi connectivity index (χ0v) is 34.3. The second-order valence-electron chi connectivity index (χ2n) is 15.4. The van der Waals surface area contributed by atoms with Gasteiger partial charge in [-0.15, -0.1) is 0 Å². The number of oxazole rings is 1. The summed E-state index contributed by atoms with van der Waals surface area (Å²) in [6.45, 7) is 0.618. The second-order valence-corrected chi connectivity index (χ2v) is 15.4. The lowest BCUT2D eigenvalue weighted by Gasteiger charge is -2.29. The van der Waals surface area contributed by atoms with E-state index in [1.165, 1.54) is 4.90 Å². The summed E-state index contributed by atoms with van der Waals surface area (Å²) >= 11 is 0. The molecule has 13 heteroatoms. The van der Waals surface area contributed by atoms with Crippen LogP contribution in [0.2, 0.25) is 0 Å². The van der Waals surface area contributed by atoms with Crippen molar-refractivity contribution in [3.63, 3.8) is 0 Å². The number of carbonyl (C=O) groups is 4. The molecule has 5 aromatic carbocycles. The van der Waals surface area contributed by atoms with Crippen LogP contribution in [0.15, 0.2) is 149 Å². The molecule has 318 valence electrons. The number of alkyl carbamates (subject to hydrolysis) is 1. The van der Waals surface area contributed by atoms with Crippen LogP contribution in [0.25, 0.3) is 11.1 Å². The van der Waals surface area contributed by atoms with Crippen LogP contribution in [0, 0.1) is 5.92 Å². The van der Waals surface area contributed by atoms with Crippen molar-refractivity contribution < 1.29 is 33.1 Å². The Hall–Kier alpha value is -7.12. The number of hydrogen-bond acceptors (Lipinski definition) is 9. The largest absolute Gasteiger partial charge is 0.445 e. The first-order valence-electron chi connectivity index (χ1n) is 20.7. The van der Waals surface area contributed by atoms with E-state index >= 15 is 0 Å². The van der Waals surface area contributed by atoms with Gasteiger partial charge >= 0.3 is 6.09 Å². The van der Waals surface area contributed by atoms with Gasteiger partial charge in [0.15, 0.2) is 17.3 Å². The summed E-state index contributed by atoms with van der Waals surface area (Å²) in [5.74, 6) is -2.29. The number of para-hydroxylation sites is 2. The van der Waals surface area contributed by atoms with Crippen LogP contribution in [0.3, 0.4) is 0 Å². The molecule has 0 bridgehead atoms. The third kappa shape index (κ3) is 11.8. The molecule has 13 nitrogen and oxygen atoms in total. The number of ether oxygens (including phenoxy) is 2. The molecule has 2 amide bonds. The Kier molecular flexibility index (Phi) is 14.5. The van der Waals surface area contributed by atoms with Gasteiger partial charge in [0.05, 0.1) is 25.3 Å². The number of fused-ring (bicyclic) bond motifs is 1. The number of nitrogens with two attached hydrogens (primary N) is 2. The van der Waals surface area contributed by atoms with Crippen molar-refractivity contribution in [1.29, 1.82) is 0 Å². The third-order valence-electron chi connectivity index (χ3n) is 10.9. The van der Waals surface area contributed by atoms with E-state index in [0.717, 1.165) is 27.8 Å². The van der Waals surface area contributed by atoms with Crippen LogP contribution in [-0.4, -0.2) is 64.1 Å². The highest BCUT2D eigenvalue weighted by atomic mass is 16.5. The van der Waals surface area contributed by atoms with Crippen molar-refractivity contribution in [2.24, 2.45) is 22.4 Å². The third-order valence-corrected chi connectivity index (χ3v) is 10.9. The maximum atomic E-state index is 14.8. The summed E-state index contributed by atoms with van der Waals surface area (Å²) in [6.07, 6.45) is -0.417. The fourth-order valence-corrected chi connectivity index (χ4v) is 7.69. The number of Topliss-reactive ketones (excluding diaryl/α,β-unsaturated/α-hetero) is 2. The Morgan fingerprint density at radius 1 is 0.774 bits per heavy atom. The molecule has 0 unspecified atom stereocenters. The molecule has 1 aliphatic heterocycles. The number of rotatable bonds is 19. The summed E-state index contributed by atoms with van der Waals surface area (Å²) in [5, 5.41) is 2.81. The van der Waals surface area contributed by atoms with Crippen molar-refractivity contribution in [3.05, 3.63) is 173 Å². The van der Waals surface area contributed by atoms with Gasteiger partial charge < -0.3 is 35.6 Å². The minimum atomic E-state index is -1.04. The molecule has 1 aliphatic rings. The predicted octanol–water partition coefficient (Wildman–Crippen LogP) is 6.72. The number of aliphatic imine (C=N–C) groups is 1. The summed E-state index contributed by atoms with van der Waals surface area (Å²) < 4.78 is 17.8. The standard InChI is InChI=1S/C49H50N6O7/c50-48(51)52-29-37-20-12-19-36(25-37)26-38(45(57)46-53-40-21-10-11-22-44(40)62-46)27-43(56)42-28-39(60-31-34-15-6-2-7-16-34)30-55(42)47(58)41(24-23-33-13-4-1-5-14-33)54-49(59)61-32-35-17-8-3-9-18-35/h1-22,25,38-39,41-42H,23-24,26-32H2,(H,54,59)(H4,50,51,52)/t38-,39-,41-,42+/m1/s1. The van der Waals surface area contributed by atoms with Crippen LogP contribution < -0.4 is 16.8 Å².